The molecule has 2 N–H and O–H groups in total. The standard InChI is InChI=1S/C19H19FN10O/c20-12-3-4-17-22-9-14(30(17)10-12)19-21-6-5-15(24-19)23-13-2-1-7-29(11-13)18(31)8-16-25-27-28-26-16/h3-6,9-10,13H,1-2,7-8,11H2,(H,21,23,24)(H,25,26,27,28)/t13-/m1/s1. The van der Waals surface area contributed by atoms with Gasteiger partial charge < -0.3 is 10.2 Å². The first-order valence-electron chi connectivity index (χ1n) is 9.88. The van der Waals surface area contributed by atoms with Crippen molar-refractivity contribution in [2.45, 2.75) is 25.3 Å². The third-order valence-electron chi connectivity index (χ3n) is 5.18. The van der Waals surface area contributed by atoms with Crippen LogP contribution < -0.4 is 5.32 Å². The predicted molar refractivity (Wildman–Crippen MR) is 107 cm³/mol. The van der Waals surface area contributed by atoms with Crippen LogP contribution in [-0.4, -0.2) is 69.9 Å². The summed E-state index contributed by atoms with van der Waals surface area (Å²) >= 11 is 0. The van der Waals surface area contributed by atoms with E-state index in [-0.39, 0.29) is 24.2 Å². The number of tetrazole rings is 1. The second kappa shape index (κ2) is 8.05. The van der Waals surface area contributed by atoms with Gasteiger partial charge in [0.15, 0.2) is 11.6 Å². The maximum atomic E-state index is 13.7. The Morgan fingerprint density at radius 3 is 3.10 bits per heavy atom. The number of H-pyrrole nitrogens is 1. The van der Waals surface area contributed by atoms with Crippen molar-refractivity contribution in [3.05, 3.63) is 48.4 Å². The molecule has 158 valence electrons. The lowest BCUT2D eigenvalue weighted by atomic mass is 10.1. The first-order chi connectivity index (χ1) is 15.2. The molecule has 11 nitrogen and oxygen atoms in total. The molecule has 1 amide bonds. The summed E-state index contributed by atoms with van der Waals surface area (Å²) in [6.07, 6.45) is 6.52. The number of nitrogens with zero attached hydrogens (tertiary/aromatic N) is 8. The van der Waals surface area contributed by atoms with Gasteiger partial charge in [-0.15, -0.1) is 10.2 Å². The number of carbonyl (C=O) groups excluding carboxylic acids is 1. The average Bonchev–Trinajstić information content (AvgIpc) is 3.43. The van der Waals surface area contributed by atoms with E-state index in [4.69, 9.17) is 0 Å². The number of pyridine rings is 1. The summed E-state index contributed by atoms with van der Waals surface area (Å²) in [6, 6.07) is 4.78. The highest BCUT2D eigenvalue weighted by molar-refractivity contribution is 5.78. The van der Waals surface area contributed by atoms with E-state index in [0.717, 1.165) is 12.8 Å². The largest absolute Gasteiger partial charge is 0.365 e. The minimum atomic E-state index is -0.367. The van der Waals surface area contributed by atoms with Crippen molar-refractivity contribution in [1.29, 1.82) is 0 Å². The van der Waals surface area contributed by atoms with Crippen LogP contribution in [0, 0.1) is 5.82 Å². The van der Waals surface area contributed by atoms with Gasteiger partial charge >= 0.3 is 0 Å². The molecule has 0 spiro atoms. The van der Waals surface area contributed by atoms with E-state index in [0.29, 0.717) is 41.9 Å². The molecule has 0 aliphatic carbocycles. The molecule has 0 aromatic carbocycles. The van der Waals surface area contributed by atoms with Crippen molar-refractivity contribution >= 4 is 17.4 Å². The Balaban J connectivity index is 1.30. The van der Waals surface area contributed by atoms with Crippen LogP contribution in [0.2, 0.25) is 0 Å². The van der Waals surface area contributed by atoms with Gasteiger partial charge in [-0.3, -0.25) is 9.20 Å². The lowest BCUT2D eigenvalue weighted by molar-refractivity contribution is -0.131. The summed E-state index contributed by atoms with van der Waals surface area (Å²) in [5, 5.41) is 16.9. The number of aromatic nitrogens is 8. The highest BCUT2D eigenvalue weighted by atomic mass is 19.1. The molecule has 1 aliphatic heterocycles. The van der Waals surface area contributed by atoms with Crippen molar-refractivity contribution < 1.29 is 9.18 Å². The van der Waals surface area contributed by atoms with Crippen molar-refractivity contribution in [3.8, 4) is 11.5 Å². The van der Waals surface area contributed by atoms with Crippen LogP contribution in [0.1, 0.15) is 18.7 Å². The fraction of sp³-hybridized carbons (Fsp3) is 0.316. The molecular formula is C19H19FN10O. The number of piperidine rings is 1. The molecule has 0 bridgehead atoms. The van der Waals surface area contributed by atoms with E-state index in [2.05, 4.69) is 40.9 Å². The SMILES string of the molecule is O=C(Cc1nn[nH]n1)N1CCC[C@@H](Nc2ccnc(-c3cnc4ccc(F)cn34)n2)C1. The summed E-state index contributed by atoms with van der Waals surface area (Å²) in [6.45, 7) is 1.24. The molecule has 5 heterocycles. The summed E-state index contributed by atoms with van der Waals surface area (Å²) in [4.78, 5) is 27.5. The Morgan fingerprint density at radius 1 is 1.29 bits per heavy atom. The molecule has 12 heteroatoms. The van der Waals surface area contributed by atoms with E-state index >= 15 is 0 Å². The van der Waals surface area contributed by atoms with Gasteiger partial charge in [0.25, 0.3) is 0 Å². The van der Waals surface area contributed by atoms with Crippen molar-refractivity contribution in [2.75, 3.05) is 18.4 Å². The summed E-state index contributed by atoms with van der Waals surface area (Å²) in [5.41, 5.74) is 1.21. The third kappa shape index (κ3) is 4.04. The van der Waals surface area contributed by atoms with E-state index in [1.165, 1.54) is 12.3 Å². The van der Waals surface area contributed by atoms with Gasteiger partial charge in [-0.2, -0.15) is 5.21 Å². The molecule has 0 radical (unpaired) electrons. The number of aromatic amines is 1. The Morgan fingerprint density at radius 2 is 2.23 bits per heavy atom. The summed E-state index contributed by atoms with van der Waals surface area (Å²) in [5.74, 6) is 1.04. The maximum absolute atomic E-state index is 13.7. The van der Waals surface area contributed by atoms with Gasteiger partial charge in [-0.05, 0) is 31.0 Å². The fourth-order valence-electron chi connectivity index (χ4n) is 3.72. The molecule has 5 rings (SSSR count). The number of nitrogens with one attached hydrogen (secondary N) is 2. The fourth-order valence-corrected chi connectivity index (χ4v) is 3.72. The van der Waals surface area contributed by atoms with Crippen LogP contribution in [-0.2, 0) is 11.2 Å². The zero-order valence-electron chi connectivity index (χ0n) is 16.4. The van der Waals surface area contributed by atoms with Crippen LogP contribution in [0.25, 0.3) is 17.2 Å². The number of fused-ring (bicyclic) bond motifs is 1. The Labute approximate surface area is 175 Å². The molecule has 4 aromatic heterocycles. The van der Waals surface area contributed by atoms with Crippen LogP contribution in [0.4, 0.5) is 10.2 Å². The zero-order valence-corrected chi connectivity index (χ0v) is 16.4. The first kappa shape index (κ1) is 19.0. The smallest absolute Gasteiger partial charge is 0.230 e. The lowest BCUT2D eigenvalue weighted by Crippen LogP contribution is -2.45. The number of anilines is 1. The molecule has 1 aliphatic rings. The van der Waals surface area contributed by atoms with Gasteiger partial charge in [0, 0.05) is 31.5 Å². The van der Waals surface area contributed by atoms with Crippen LogP contribution in [0.3, 0.4) is 0 Å². The van der Waals surface area contributed by atoms with Crippen molar-refractivity contribution in [1.82, 2.24) is 44.9 Å². The van der Waals surface area contributed by atoms with E-state index in [1.807, 2.05) is 0 Å². The predicted octanol–water partition coefficient (Wildman–Crippen LogP) is 1.09. The van der Waals surface area contributed by atoms with E-state index in [1.54, 1.807) is 33.8 Å². The number of rotatable bonds is 5. The molecule has 1 saturated heterocycles. The Kier molecular flexibility index (Phi) is 4.94. The zero-order chi connectivity index (χ0) is 21.2. The van der Waals surface area contributed by atoms with E-state index in [9.17, 15) is 9.18 Å². The summed E-state index contributed by atoms with van der Waals surface area (Å²) < 4.78 is 15.3. The quantitative estimate of drug-likeness (QED) is 0.489. The van der Waals surface area contributed by atoms with Crippen LogP contribution >= 0.6 is 0 Å². The Bertz CT molecular complexity index is 1210. The maximum Gasteiger partial charge on any atom is 0.230 e. The number of hydrogen-bond donors (Lipinski definition) is 2. The first-order valence-corrected chi connectivity index (χ1v) is 9.88. The monoisotopic (exact) mass is 422 g/mol. The second-order valence-corrected chi connectivity index (χ2v) is 7.31. The van der Waals surface area contributed by atoms with Crippen LogP contribution in [0.15, 0.2) is 36.8 Å². The molecule has 0 saturated carbocycles. The van der Waals surface area contributed by atoms with E-state index < -0.39 is 0 Å². The van der Waals surface area contributed by atoms with Gasteiger partial charge in [-0.1, -0.05) is 5.21 Å². The topological polar surface area (TPSA) is 130 Å². The number of amides is 1. The van der Waals surface area contributed by atoms with Crippen molar-refractivity contribution in [2.24, 2.45) is 0 Å². The minimum Gasteiger partial charge on any atom is -0.365 e. The van der Waals surface area contributed by atoms with Gasteiger partial charge in [-0.25, -0.2) is 19.3 Å². The molecule has 4 aromatic rings. The number of carbonyl (C=O) groups is 1. The highest BCUT2D eigenvalue weighted by Crippen LogP contribution is 2.20. The Hall–Kier alpha value is -3.96. The highest BCUT2D eigenvalue weighted by Gasteiger charge is 2.25. The number of halogens is 1. The molecule has 0 unspecified atom stereocenters. The van der Waals surface area contributed by atoms with Gasteiger partial charge in [0.1, 0.15) is 23.0 Å². The normalized spacial score (nSPS) is 16.5. The summed E-state index contributed by atoms with van der Waals surface area (Å²) in [7, 11) is 0. The molecule has 1 fully saturated rings. The number of likely N-dealkylation sites (tertiary alicyclic amines) is 1. The molecular weight excluding hydrogens is 403 g/mol. The van der Waals surface area contributed by atoms with Gasteiger partial charge in [0.05, 0.1) is 12.6 Å². The minimum absolute atomic E-state index is 0.0379. The van der Waals surface area contributed by atoms with Crippen molar-refractivity contribution in [3.63, 3.8) is 0 Å². The molecule has 31 heavy (non-hydrogen) atoms. The average molecular weight is 422 g/mol. The second-order valence-electron chi connectivity index (χ2n) is 7.31. The number of imidazole rings is 1. The third-order valence-corrected chi connectivity index (χ3v) is 5.18. The van der Waals surface area contributed by atoms with Crippen LogP contribution in [0.5, 0.6) is 0 Å². The lowest BCUT2D eigenvalue weighted by Gasteiger charge is -2.33. The van der Waals surface area contributed by atoms with Gasteiger partial charge in [0.2, 0.25) is 5.91 Å². The number of hydrogen-bond acceptors (Lipinski definition) is 8. The molecule has 1 atom stereocenters.